The Morgan fingerprint density at radius 2 is 1.89 bits per heavy atom. The minimum Gasteiger partial charge on any atom is -0.359 e. The summed E-state index contributed by atoms with van der Waals surface area (Å²) in [4.78, 5) is 27.3. The summed E-state index contributed by atoms with van der Waals surface area (Å²) >= 11 is 0. The van der Waals surface area contributed by atoms with Gasteiger partial charge in [0.15, 0.2) is 0 Å². The standard InChI is InChI=1S/C12H24N4O2/c1-9-7-16(4)10(8-15(9)3)12(18)14-6-5-11(17)13-2/h9-10H,5-8H2,1-4H3,(H,13,17)(H,14,18)/i2+1,3+1,4+1,7+1,11+1,13+1,14+1. The average Bonchev–Trinajstić information content (AvgIpc) is 2.33. The maximum absolute atomic E-state index is 12.0. The Labute approximate surface area is 109 Å². The van der Waals surface area contributed by atoms with Gasteiger partial charge in [-0.2, -0.15) is 0 Å². The molecule has 1 fully saturated rings. The van der Waals surface area contributed by atoms with E-state index in [2.05, 4.69) is 27.4 Å². The largest absolute Gasteiger partial charge is 0.359 e. The van der Waals surface area contributed by atoms with Crippen molar-refractivity contribution in [3.05, 3.63) is 0 Å². The van der Waals surface area contributed by atoms with Crippen LogP contribution in [0.25, 0.3) is 0 Å². The molecule has 2 amide bonds. The Morgan fingerprint density at radius 1 is 1.22 bits per heavy atom. The summed E-state index contributed by atoms with van der Waals surface area (Å²) < 4.78 is 0. The number of nitrogens with one attached hydrogen (secondary N) is 2. The number of nitrogens with zero attached hydrogens (tertiary/aromatic N) is 2. The van der Waals surface area contributed by atoms with Gasteiger partial charge in [0.2, 0.25) is 11.8 Å². The normalized spacial score (nSPS) is 25.8. The molecule has 0 saturated carbocycles. The van der Waals surface area contributed by atoms with Gasteiger partial charge in [-0.25, -0.2) is 0 Å². The summed E-state index contributed by atoms with van der Waals surface area (Å²) in [6, 6.07) is 0.334. The highest BCUT2D eigenvalue weighted by atomic mass is 16.3. The molecular weight excluding hydrogens is 239 g/mol. The number of hydrogen-bond acceptors (Lipinski definition) is 4. The molecule has 6 heteroatoms. The van der Waals surface area contributed by atoms with Crippen molar-refractivity contribution >= 4 is 11.8 Å². The molecule has 1 aliphatic rings. The third-order valence-corrected chi connectivity index (χ3v) is 3.53. The summed E-state index contributed by atoms with van der Waals surface area (Å²) in [6.07, 6.45) is 0.324. The molecule has 6 nitrogen and oxygen atoms in total. The lowest BCUT2D eigenvalue weighted by atomic mass is 10.2. The molecule has 2 N–H and O–H groups in total. The number of piperazine rings is 1. The highest BCUT2D eigenvalue weighted by Gasteiger charge is 2.31. The van der Waals surface area contributed by atoms with Crippen molar-refractivity contribution in [3.63, 3.8) is 0 Å². The van der Waals surface area contributed by atoms with Crippen molar-refractivity contribution in [2.75, 3.05) is 40.8 Å². The van der Waals surface area contributed by atoms with Crippen LogP contribution in [0.5, 0.6) is 0 Å². The lowest BCUT2D eigenvalue weighted by Crippen LogP contribution is -2.59. The minimum absolute atomic E-state index is 0.000142. The third-order valence-electron chi connectivity index (χ3n) is 3.53. The molecule has 1 saturated heterocycles. The molecule has 1 rings (SSSR count). The van der Waals surface area contributed by atoms with E-state index in [9.17, 15) is 9.59 Å². The van der Waals surface area contributed by atoms with Gasteiger partial charge in [-0.1, -0.05) is 0 Å². The van der Waals surface area contributed by atoms with E-state index >= 15 is 0 Å². The number of carbonyl (C=O) groups is 2. The molecule has 0 bridgehead atoms. The van der Waals surface area contributed by atoms with Gasteiger partial charge in [-0.3, -0.25) is 14.5 Å². The van der Waals surface area contributed by atoms with E-state index in [1.807, 2.05) is 14.1 Å². The topological polar surface area (TPSA) is 64.7 Å². The number of rotatable bonds is 4. The van der Waals surface area contributed by atoms with Crippen molar-refractivity contribution in [1.82, 2.24) is 20.4 Å². The molecule has 0 aromatic carbocycles. The van der Waals surface area contributed by atoms with Crippen LogP contribution in [-0.2, 0) is 9.59 Å². The Kier molecular flexibility index (Phi) is 5.55. The molecule has 1 heterocycles. The first-order valence-electron chi connectivity index (χ1n) is 6.34. The first-order valence-corrected chi connectivity index (χ1v) is 6.34. The summed E-state index contributed by atoms with van der Waals surface area (Å²) in [5.74, 6) is -0.0572. The fraction of sp³-hybridized carbons (Fsp3) is 0.833. The SMILES string of the molecule is CC1[13CH2]N([13CH3])C(C(=O)[15NH]CC[13C](=O)[15NH][13CH3])CN1[13CH3]. The quantitative estimate of drug-likeness (QED) is 0.498. The second kappa shape index (κ2) is 6.70. The van der Waals surface area contributed by atoms with E-state index in [-0.39, 0.29) is 17.9 Å². The molecule has 0 aromatic heterocycles. The van der Waals surface area contributed by atoms with Crippen LogP contribution in [0.3, 0.4) is 0 Å². The number of amides is 2. The van der Waals surface area contributed by atoms with E-state index in [1.54, 1.807) is 7.05 Å². The van der Waals surface area contributed by atoms with Crippen LogP contribution in [0, 0.1) is 0 Å². The van der Waals surface area contributed by atoms with Crippen LogP contribution in [0.15, 0.2) is 0 Å². The van der Waals surface area contributed by atoms with Gasteiger partial charge in [0.05, 0.1) is 0 Å². The zero-order valence-electron chi connectivity index (χ0n) is 11.7. The number of carbonyl (C=O) groups excluding carboxylic acids is 2. The Bertz CT molecular complexity index is 308. The fourth-order valence-corrected chi connectivity index (χ4v) is 2.10. The predicted molar refractivity (Wildman–Crippen MR) is 70.2 cm³/mol. The Morgan fingerprint density at radius 3 is 2.50 bits per heavy atom. The monoisotopic (exact) mass is 263 g/mol. The molecular formula is C12H24N4O2. The van der Waals surface area contributed by atoms with Gasteiger partial charge in [0, 0.05) is 39.1 Å². The van der Waals surface area contributed by atoms with Gasteiger partial charge in [-0.15, -0.1) is 0 Å². The van der Waals surface area contributed by atoms with E-state index in [0.717, 1.165) is 13.1 Å². The van der Waals surface area contributed by atoms with Crippen LogP contribution in [0.2, 0.25) is 0 Å². The summed E-state index contributed by atoms with van der Waals surface area (Å²) in [5, 5.41) is 5.35. The van der Waals surface area contributed by atoms with Gasteiger partial charge in [0.1, 0.15) is 6.04 Å². The smallest absolute Gasteiger partial charge is 0.238 e. The zero-order valence-corrected chi connectivity index (χ0v) is 11.7. The second-order valence-corrected chi connectivity index (χ2v) is 4.96. The Hall–Kier alpha value is -1.14. The fourth-order valence-electron chi connectivity index (χ4n) is 2.10. The zero-order chi connectivity index (χ0) is 13.7. The van der Waals surface area contributed by atoms with Crippen LogP contribution in [0.4, 0.5) is 0 Å². The van der Waals surface area contributed by atoms with Gasteiger partial charge >= 0.3 is 0 Å². The molecule has 2 atom stereocenters. The van der Waals surface area contributed by atoms with Gasteiger partial charge in [-0.05, 0) is 21.0 Å². The van der Waals surface area contributed by atoms with Crippen molar-refractivity contribution in [2.45, 2.75) is 25.4 Å². The molecule has 1 aliphatic heterocycles. The van der Waals surface area contributed by atoms with Crippen LogP contribution in [0.1, 0.15) is 13.3 Å². The summed E-state index contributed by atoms with van der Waals surface area (Å²) in [5.41, 5.74) is 0. The minimum atomic E-state index is -0.129. The molecule has 104 valence electrons. The highest BCUT2D eigenvalue weighted by molar-refractivity contribution is 5.83. The molecule has 2 unspecified atom stereocenters. The predicted octanol–water partition coefficient (Wildman–Crippen LogP) is -1.13. The molecule has 0 aromatic rings. The van der Waals surface area contributed by atoms with E-state index in [4.69, 9.17) is 0 Å². The van der Waals surface area contributed by atoms with Crippen molar-refractivity contribution in [1.29, 1.82) is 0 Å². The first-order chi connectivity index (χ1) is 8.45. The third kappa shape index (κ3) is 3.96. The van der Waals surface area contributed by atoms with Crippen LogP contribution in [-0.4, -0.2) is 74.5 Å². The van der Waals surface area contributed by atoms with Crippen molar-refractivity contribution < 1.29 is 9.59 Å². The Balaban J connectivity index is 2.39. The van der Waals surface area contributed by atoms with Gasteiger partial charge in [0.25, 0.3) is 0 Å². The molecule has 18 heavy (non-hydrogen) atoms. The van der Waals surface area contributed by atoms with E-state index in [0.29, 0.717) is 19.0 Å². The molecule has 0 radical (unpaired) electrons. The number of likely N-dealkylation sites (N-methyl/N-ethyl adjacent to an activating group) is 2. The molecule has 0 spiro atoms. The van der Waals surface area contributed by atoms with Gasteiger partial charge < -0.3 is 15.5 Å². The highest BCUT2D eigenvalue weighted by Crippen LogP contribution is 2.11. The summed E-state index contributed by atoms with van der Waals surface area (Å²) in [6.45, 7) is 4.14. The second-order valence-electron chi connectivity index (χ2n) is 4.96. The van der Waals surface area contributed by atoms with Crippen LogP contribution < -0.4 is 10.6 Å². The molecule has 0 aliphatic carbocycles. The van der Waals surface area contributed by atoms with E-state index in [1.165, 1.54) is 0 Å². The maximum Gasteiger partial charge on any atom is 0.238 e. The maximum atomic E-state index is 12.0. The number of hydrogen-bond donors (Lipinski definition) is 2. The average molecular weight is 263 g/mol. The lowest BCUT2D eigenvalue weighted by Gasteiger charge is -2.41. The lowest BCUT2D eigenvalue weighted by molar-refractivity contribution is -0.128. The summed E-state index contributed by atoms with van der Waals surface area (Å²) in [7, 11) is 5.59. The van der Waals surface area contributed by atoms with Crippen LogP contribution >= 0.6 is 0 Å². The van der Waals surface area contributed by atoms with Crippen molar-refractivity contribution in [2.24, 2.45) is 0 Å². The van der Waals surface area contributed by atoms with E-state index < -0.39 is 0 Å². The first kappa shape index (κ1) is 14.9. The van der Waals surface area contributed by atoms with Crippen molar-refractivity contribution in [3.8, 4) is 0 Å².